The Bertz CT molecular complexity index is 875. The zero-order chi connectivity index (χ0) is 18.3. The number of imide groups is 1. The first-order valence-electron chi connectivity index (χ1n) is 7.56. The number of nitrogens with zero attached hydrogens (tertiary/aromatic N) is 4. The molecule has 0 aromatic carbocycles. The molecule has 1 aliphatic rings. The van der Waals surface area contributed by atoms with Crippen LogP contribution in [-0.2, 0) is 14.3 Å². The van der Waals surface area contributed by atoms with Crippen molar-refractivity contribution in [2.24, 2.45) is 0 Å². The molecule has 0 spiro atoms. The molecule has 0 saturated carbocycles. The molecule has 134 valence electrons. The van der Waals surface area contributed by atoms with Crippen molar-refractivity contribution in [3.05, 3.63) is 16.7 Å². The number of amides is 2. The zero-order valence-electron chi connectivity index (χ0n) is 13.5. The molecule has 3 N–H and O–H groups in total. The lowest BCUT2D eigenvalue weighted by Gasteiger charge is -2.16. The molecule has 2 amide bonds. The number of aromatic nitrogens is 4. The fourth-order valence-electron chi connectivity index (χ4n) is 2.80. The predicted molar refractivity (Wildman–Crippen MR) is 83.6 cm³/mol. The quantitative estimate of drug-likeness (QED) is 0.615. The molecule has 3 atom stereocenters. The van der Waals surface area contributed by atoms with Crippen LogP contribution < -0.4 is 10.5 Å². The Kier molecular flexibility index (Phi) is 4.37. The first-order valence-corrected chi connectivity index (χ1v) is 7.56. The first kappa shape index (κ1) is 17.2. The Morgan fingerprint density at radius 3 is 2.68 bits per heavy atom. The van der Waals surface area contributed by atoms with E-state index in [0.29, 0.717) is 0 Å². The second-order valence-corrected chi connectivity index (χ2v) is 5.70. The molecule has 0 unspecified atom stereocenters. The number of fused-ring (bicyclic) bond motifs is 1. The second-order valence-electron chi connectivity index (χ2n) is 5.70. The summed E-state index contributed by atoms with van der Waals surface area (Å²) in [6.45, 7) is 1.99. The van der Waals surface area contributed by atoms with E-state index in [0.717, 1.165) is 4.90 Å². The van der Waals surface area contributed by atoms with Gasteiger partial charge in [0.2, 0.25) is 17.8 Å². The smallest absolute Gasteiger partial charge is 0.280 e. The number of hydrogen-bond donors (Lipinski definition) is 3. The topological polar surface area (TPSA) is 151 Å². The van der Waals surface area contributed by atoms with Crippen molar-refractivity contribution in [3.8, 4) is 0 Å². The Hall–Kier alpha value is -2.63. The minimum atomic E-state index is -0.875. The van der Waals surface area contributed by atoms with E-state index in [1.807, 2.05) is 0 Å². The van der Waals surface area contributed by atoms with Crippen molar-refractivity contribution in [1.29, 1.82) is 0 Å². The van der Waals surface area contributed by atoms with Gasteiger partial charge in [0, 0.05) is 20.3 Å². The Labute approximate surface area is 140 Å². The van der Waals surface area contributed by atoms with Crippen LogP contribution in [0.3, 0.4) is 0 Å². The summed E-state index contributed by atoms with van der Waals surface area (Å²) in [5.41, 5.74) is -0.521. The van der Waals surface area contributed by atoms with Gasteiger partial charge in [-0.1, -0.05) is 0 Å². The lowest BCUT2D eigenvalue weighted by atomic mass is 10.2. The summed E-state index contributed by atoms with van der Waals surface area (Å²) in [7, 11) is 0. The highest BCUT2D eigenvalue weighted by Crippen LogP contribution is 2.30. The van der Waals surface area contributed by atoms with E-state index >= 15 is 0 Å². The third kappa shape index (κ3) is 2.92. The molecule has 3 rings (SSSR count). The number of rotatable bonds is 3. The fraction of sp³-hybridized carbons (Fsp3) is 0.500. The van der Waals surface area contributed by atoms with E-state index in [-0.39, 0.29) is 30.1 Å². The van der Waals surface area contributed by atoms with Crippen LogP contribution in [0.5, 0.6) is 0 Å². The average Bonchev–Trinajstić information content (AvgIpc) is 3.09. The van der Waals surface area contributed by atoms with Crippen LogP contribution in [0.25, 0.3) is 11.2 Å². The van der Waals surface area contributed by atoms with Crippen LogP contribution in [-0.4, -0.2) is 60.4 Å². The molecule has 25 heavy (non-hydrogen) atoms. The van der Waals surface area contributed by atoms with E-state index in [1.165, 1.54) is 24.7 Å². The average molecular weight is 351 g/mol. The number of aliphatic hydroxyl groups excluding tert-OH is 2. The number of H-pyrrole nitrogens is 1. The van der Waals surface area contributed by atoms with Crippen LogP contribution >= 0.6 is 0 Å². The number of nitrogens with one attached hydrogen (secondary N) is 1. The van der Waals surface area contributed by atoms with Crippen molar-refractivity contribution < 1.29 is 24.5 Å². The van der Waals surface area contributed by atoms with Crippen LogP contribution in [0.15, 0.2) is 11.1 Å². The summed E-state index contributed by atoms with van der Waals surface area (Å²) in [5.74, 6) is -1.43. The van der Waals surface area contributed by atoms with E-state index in [2.05, 4.69) is 15.0 Å². The van der Waals surface area contributed by atoms with Gasteiger partial charge in [-0.3, -0.25) is 23.9 Å². The monoisotopic (exact) mass is 351 g/mol. The van der Waals surface area contributed by atoms with Gasteiger partial charge >= 0.3 is 0 Å². The summed E-state index contributed by atoms with van der Waals surface area (Å²) < 4.78 is 6.96. The minimum absolute atomic E-state index is 0.00124. The highest BCUT2D eigenvalue weighted by molar-refractivity contribution is 6.12. The Morgan fingerprint density at radius 2 is 2.12 bits per heavy atom. The number of aliphatic hydroxyl groups is 2. The van der Waals surface area contributed by atoms with Gasteiger partial charge in [-0.15, -0.1) is 0 Å². The van der Waals surface area contributed by atoms with E-state index < -0.39 is 35.8 Å². The highest BCUT2D eigenvalue weighted by Gasteiger charge is 2.35. The van der Waals surface area contributed by atoms with Crippen molar-refractivity contribution in [2.45, 2.75) is 38.7 Å². The number of ether oxygens (including phenoxy) is 1. The first-order chi connectivity index (χ1) is 11.8. The Morgan fingerprint density at radius 1 is 1.44 bits per heavy atom. The van der Waals surface area contributed by atoms with Gasteiger partial charge < -0.3 is 14.9 Å². The molecule has 1 saturated heterocycles. The largest absolute Gasteiger partial charge is 0.394 e. The van der Waals surface area contributed by atoms with Gasteiger partial charge in [-0.05, 0) is 0 Å². The lowest BCUT2D eigenvalue weighted by Crippen LogP contribution is -2.36. The molecule has 0 bridgehead atoms. The number of hydrogen-bond acceptors (Lipinski definition) is 8. The van der Waals surface area contributed by atoms with Gasteiger partial charge in [-0.25, -0.2) is 9.88 Å². The van der Waals surface area contributed by atoms with Crippen LogP contribution in [0, 0.1) is 0 Å². The number of anilines is 1. The summed E-state index contributed by atoms with van der Waals surface area (Å²) in [5, 5.41) is 19.1. The van der Waals surface area contributed by atoms with E-state index in [9.17, 15) is 24.6 Å². The molecular weight excluding hydrogens is 334 g/mol. The van der Waals surface area contributed by atoms with Gasteiger partial charge in [-0.2, -0.15) is 4.98 Å². The molecule has 1 aliphatic heterocycles. The SMILES string of the molecule is CC(=O)N(C(C)=O)c1nc2c(ncn2[C@H]2C[C@H](O)[C@@H](CO)O2)c(=O)[nH]1. The number of carbonyl (C=O) groups excluding carboxylic acids is 2. The fourth-order valence-corrected chi connectivity index (χ4v) is 2.80. The maximum absolute atomic E-state index is 12.2. The summed E-state index contributed by atoms with van der Waals surface area (Å²) in [6.07, 6.45) is -0.833. The Balaban J connectivity index is 2.09. The molecule has 1 fully saturated rings. The van der Waals surface area contributed by atoms with Crippen LogP contribution in [0.2, 0.25) is 0 Å². The van der Waals surface area contributed by atoms with Crippen LogP contribution in [0.1, 0.15) is 26.5 Å². The molecule has 2 aromatic heterocycles. The molecule has 0 radical (unpaired) electrons. The van der Waals surface area contributed by atoms with Crippen molar-refractivity contribution in [3.63, 3.8) is 0 Å². The van der Waals surface area contributed by atoms with E-state index in [1.54, 1.807) is 0 Å². The maximum atomic E-state index is 12.2. The van der Waals surface area contributed by atoms with Gasteiger partial charge in [0.1, 0.15) is 12.3 Å². The zero-order valence-corrected chi connectivity index (χ0v) is 13.5. The molecule has 11 heteroatoms. The summed E-state index contributed by atoms with van der Waals surface area (Å²) >= 11 is 0. The summed E-state index contributed by atoms with van der Waals surface area (Å²) in [4.78, 5) is 46.8. The molecule has 11 nitrogen and oxygen atoms in total. The van der Waals surface area contributed by atoms with Crippen molar-refractivity contribution >= 4 is 28.9 Å². The number of carbonyl (C=O) groups is 2. The molecule has 3 heterocycles. The van der Waals surface area contributed by atoms with Gasteiger partial charge in [0.15, 0.2) is 11.2 Å². The highest BCUT2D eigenvalue weighted by atomic mass is 16.5. The molecular formula is C14H17N5O6. The number of imidazole rings is 1. The van der Waals surface area contributed by atoms with Crippen LogP contribution in [0.4, 0.5) is 5.95 Å². The third-order valence-corrected chi connectivity index (χ3v) is 3.96. The lowest BCUT2D eigenvalue weighted by molar-refractivity contribution is -0.124. The van der Waals surface area contributed by atoms with Crippen molar-refractivity contribution in [1.82, 2.24) is 19.5 Å². The third-order valence-electron chi connectivity index (χ3n) is 3.96. The maximum Gasteiger partial charge on any atom is 0.280 e. The molecule has 0 aliphatic carbocycles. The minimum Gasteiger partial charge on any atom is -0.394 e. The molecule has 2 aromatic rings. The van der Waals surface area contributed by atoms with Gasteiger partial charge in [0.05, 0.1) is 19.0 Å². The predicted octanol–water partition coefficient (Wildman–Crippen LogP) is -1.34. The van der Waals surface area contributed by atoms with Crippen molar-refractivity contribution in [2.75, 3.05) is 11.5 Å². The number of aromatic amines is 1. The second kappa shape index (κ2) is 6.35. The summed E-state index contributed by atoms with van der Waals surface area (Å²) in [6, 6.07) is 0. The standard InChI is InChI=1S/C14H17N5O6/c1-6(21)19(7(2)22)14-16-12-11(13(24)17-14)15-5-18(12)10-3-8(23)9(4-20)25-10/h5,8-10,20,23H,3-4H2,1-2H3,(H,16,17,24)/t8-,9+,10+/m0/s1. The van der Waals surface area contributed by atoms with E-state index in [4.69, 9.17) is 4.74 Å². The van der Waals surface area contributed by atoms with Gasteiger partial charge in [0.25, 0.3) is 5.56 Å². The normalized spacial score (nSPS) is 23.1.